The Hall–Kier alpha value is -3.41. The van der Waals surface area contributed by atoms with Crippen molar-refractivity contribution in [2.75, 3.05) is 0 Å². The Bertz CT molecular complexity index is 900. The van der Waals surface area contributed by atoms with Crippen molar-refractivity contribution in [3.8, 4) is 28.6 Å². The summed E-state index contributed by atoms with van der Waals surface area (Å²) in [6, 6.07) is 17.2. The summed E-state index contributed by atoms with van der Waals surface area (Å²) in [5.41, 5.74) is 2.59. The summed E-state index contributed by atoms with van der Waals surface area (Å²) in [7, 11) is 0. The molecule has 0 spiro atoms. The molecule has 118 valence electrons. The second-order valence-electron chi connectivity index (χ2n) is 5.13. The minimum Gasteiger partial charge on any atom is -0.485 e. The molecule has 6 nitrogen and oxygen atoms in total. The van der Waals surface area contributed by atoms with Crippen molar-refractivity contribution < 1.29 is 9.26 Å². The highest BCUT2D eigenvalue weighted by Gasteiger charge is 2.10. The smallest absolute Gasteiger partial charge is 0.259 e. The lowest BCUT2D eigenvalue weighted by Crippen LogP contribution is -1.97. The third-order valence-corrected chi connectivity index (χ3v) is 3.46. The van der Waals surface area contributed by atoms with Gasteiger partial charge in [-0.05, 0) is 36.4 Å². The minimum atomic E-state index is 0.251. The van der Waals surface area contributed by atoms with Crippen LogP contribution in [-0.4, -0.2) is 20.1 Å². The second kappa shape index (κ2) is 6.37. The van der Waals surface area contributed by atoms with E-state index in [9.17, 15) is 0 Å². The number of H-pyrrole nitrogens is 1. The Morgan fingerprint density at radius 3 is 2.67 bits per heavy atom. The van der Waals surface area contributed by atoms with Crippen molar-refractivity contribution in [3.63, 3.8) is 0 Å². The molecule has 0 fully saturated rings. The molecule has 0 aliphatic rings. The standard InChI is InChI=1S/C18H14N4O2/c1-2-5-14(6-3-1)23-12-17-21-18(24-22-17)13-8-9-16(20-11-13)15-7-4-10-19-15/h1-11,19H,12H2. The Morgan fingerprint density at radius 2 is 1.92 bits per heavy atom. The normalized spacial score (nSPS) is 10.7. The van der Waals surface area contributed by atoms with E-state index in [-0.39, 0.29) is 6.61 Å². The third-order valence-electron chi connectivity index (χ3n) is 3.46. The Labute approximate surface area is 138 Å². The molecule has 0 aliphatic heterocycles. The molecule has 0 radical (unpaired) electrons. The van der Waals surface area contributed by atoms with Crippen molar-refractivity contribution in [2.24, 2.45) is 0 Å². The molecule has 1 aromatic carbocycles. The molecule has 4 rings (SSSR count). The van der Waals surface area contributed by atoms with Gasteiger partial charge < -0.3 is 14.2 Å². The topological polar surface area (TPSA) is 76.8 Å². The van der Waals surface area contributed by atoms with E-state index in [0.29, 0.717) is 11.7 Å². The van der Waals surface area contributed by atoms with Gasteiger partial charge in [0.25, 0.3) is 5.89 Å². The summed E-state index contributed by atoms with van der Waals surface area (Å²) >= 11 is 0. The van der Waals surface area contributed by atoms with Gasteiger partial charge in [0.15, 0.2) is 6.61 Å². The summed E-state index contributed by atoms with van der Waals surface area (Å²) in [5, 5.41) is 3.93. The maximum absolute atomic E-state index is 5.60. The van der Waals surface area contributed by atoms with Gasteiger partial charge in [0, 0.05) is 12.4 Å². The first-order valence-electron chi connectivity index (χ1n) is 7.49. The number of nitrogens with zero attached hydrogens (tertiary/aromatic N) is 3. The summed E-state index contributed by atoms with van der Waals surface area (Å²) < 4.78 is 10.9. The van der Waals surface area contributed by atoms with Crippen LogP contribution in [0.3, 0.4) is 0 Å². The van der Waals surface area contributed by atoms with Gasteiger partial charge in [-0.15, -0.1) is 0 Å². The predicted molar refractivity (Wildman–Crippen MR) is 88.1 cm³/mol. The fraction of sp³-hybridized carbons (Fsp3) is 0.0556. The second-order valence-corrected chi connectivity index (χ2v) is 5.13. The summed E-state index contributed by atoms with van der Waals surface area (Å²) in [6.45, 7) is 0.251. The van der Waals surface area contributed by atoms with E-state index in [2.05, 4.69) is 20.1 Å². The molecule has 24 heavy (non-hydrogen) atoms. The molecule has 0 saturated heterocycles. The van der Waals surface area contributed by atoms with Crippen LogP contribution in [-0.2, 0) is 6.61 Å². The van der Waals surface area contributed by atoms with E-state index in [0.717, 1.165) is 22.7 Å². The minimum absolute atomic E-state index is 0.251. The van der Waals surface area contributed by atoms with E-state index in [1.807, 2.05) is 60.8 Å². The number of hydrogen-bond donors (Lipinski definition) is 1. The number of pyridine rings is 1. The fourth-order valence-electron chi connectivity index (χ4n) is 2.26. The lowest BCUT2D eigenvalue weighted by Gasteiger charge is -2.01. The lowest BCUT2D eigenvalue weighted by molar-refractivity contribution is 0.287. The van der Waals surface area contributed by atoms with Crippen LogP contribution < -0.4 is 4.74 Å². The van der Waals surface area contributed by atoms with Crippen LogP contribution in [0.2, 0.25) is 0 Å². The number of aromatic amines is 1. The van der Waals surface area contributed by atoms with Gasteiger partial charge >= 0.3 is 0 Å². The van der Waals surface area contributed by atoms with Crippen molar-refractivity contribution in [1.29, 1.82) is 0 Å². The first-order chi connectivity index (χ1) is 11.9. The lowest BCUT2D eigenvalue weighted by atomic mass is 10.2. The first-order valence-corrected chi connectivity index (χ1v) is 7.49. The van der Waals surface area contributed by atoms with Crippen molar-refractivity contribution in [1.82, 2.24) is 20.1 Å². The largest absolute Gasteiger partial charge is 0.485 e. The Kier molecular flexibility index (Phi) is 3.77. The quantitative estimate of drug-likeness (QED) is 0.607. The molecule has 0 saturated carbocycles. The molecule has 3 aromatic heterocycles. The van der Waals surface area contributed by atoms with E-state index >= 15 is 0 Å². The van der Waals surface area contributed by atoms with Crippen molar-refractivity contribution in [3.05, 3.63) is 72.8 Å². The SMILES string of the molecule is c1ccc(OCc2noc(-c3ccc(-c4ccc[nH]4)nc3)n2)cc1. The molecule has 0 atom stereocenters. The van der Waals surface area contributed by atoms with Crippen LogP contribution in [0.25, 0.3) is 22.8 Å². The van der Waals surface area contributed by atoms with E-state index < -0.39 is 0 Å². The van der Waals surface area contributed by atoms with E-state index in [4.69, 9.17) is 9.26 Å². The van der Waals surface area contributed by atoms with Gasteiger partial charge in [-0.2, -0.15) is 4.98 Å². The molecular weight excluding hydrogens is 304 g/mol. The highest BCUT2D eigenvalue weighted by Crippen LogP contribution is 2.20. The van der Waals surface area contributed by atoms with Crippen molar-refractivity contribution >= 4 is 0 Å². The predicted octanol–water partition coefficient (Wildman–Crippen LogP) is 3.71. The first kappa shape index (κ1) is 14.2. The Balaban J connectivity index is 1.46. The molecule has 0 bridgehead atoms. The van der Waals surface area contributed by atoms with Gasteiger partial charge in [-0.3, -0.25) is 4.98 Å². The molecule has 0 aliphatic carbocycles. The van der Waals surface area contributed by atoms with Crippen LogP contribution in [0.1, 0.15) is 5.82 Å². The Morgan fingerprint density at radius 1 is 1.00 bits per heavy atom. The zero-order valence-corrected chi connectivity index (χ0v) is 12.7. The average molecular weight is 318 g/mol. The highest BCUT2D eigenvalue weighted by atomic mass is 16.5. The number of nitrogens with one attached hydrogen (secondary N) is 1. The number of ether oxygens (including phenoxy) is 1. The van der Waals surface area contributed by atoms with Gasteiger partial charge in [0.05, 0.1) is 17.0 Å². The van der Waals surface area contributed by atoms with Crippen LogP contribution in [0.5, 0.6) is 5.75 Å². The third kappa shape index (κ3) is 3.03. The highest BCUT2D eigenvalue weighted by molar-refractivity contribution is 5.59. The summed E-state index contributed by atoms with van der Waals surface area (Å²) in [5.74, 6) is 1.68. The zero-order valence-electron chi connectivity index (χ0n) is 12.7. The summed E-state index contributed by atoms with van der Waals surface area (Å²) in [6.07, 6.45) is 3.58. The zero-order chi connectivity index (χ0) is 16.2. The van der Waals surface area contributed by atoms with Gasteiger partial charge in [0.1, 0.15) is 5.75 Å². The number of aromatic nitrogens is 4. The average Bonchev–Trinajstić information content (AvgIpc) is 3.33. The summed E-state index contributed by atoms with van der Waals surface area (Å²) in [4.78, 5) is 11.9. The molecular formula is C18H14N4O2. The molecule has 6 heteroatoms. The molecule has 0 unspecified atom stereocenters. The molecule has 4 aromatic rings. The van der Waals surface area contributed by atoms with Gasteiger partial charge in [-0.1, -0.05) is 23.4 Å². The molecule has 3 heterocycles. The fourth-order valence-corrected chi connectivity index (χ4v) is 2.26. The van der Waals surface area contributed by atoms with Crippen LogP contribution >= 0.6 is 0 Å². The van der Waals surface area contributed by atoms with Gasteiger partial charge in [0.2, 0.25) is 5.82 Å². The van der Waals surface area contributed by atoms with Gasteiger partial charge in [-0.25, -0.2) is 0 Å². The maximum atomic E-state index is 5.60. The maximum Gasteiger partial charge on any atom is 0.259 e. The number of para-hydroxylation sites is 1. The number of rotatable bonds is 5. The molecule has 1 N–H and O–H groups in total. The van der Waals surface area contributed by atoms with Crippen LogP contribution in [0.15, 0.2) is 71.5 Å². The van der Waals surface area contributed by atoms with Crippen LogP contribution in [0, 0.1) is 0 Å². The van der Waals surface area contributed by atoms with E-state index in [1.54, 1.807) is 6.20 Å². The monoisotopic (exact) mass is 318 g/mol. The van der Waals surface area contributed by atoms with Crippen molar-refractivity contribution in [2.45, 2.75) is 6.61 Å². The number of hydrogen-bond acceptors (Lipinski definition) is 5. The number of benzene rings is 1. The van der Waals surface area contributed by atoms with Crippen LogP contribution in [0.4, 0.5) is 0 Å². The molecule has 0 amide bonds. The van der Waals surface area contributed by atoms with E-state index in [1.165, 1.54) is 0 Å².